The number of hydrogen-bond acceptors (Lipinski definition) is 4. The van der Waals surface area contributed by atoms with Crippen molar-refractivity contribution in [2.45, 2.75) is 13.8 Å². The highest BCUT2D eigenvalue weighted by atomic mass is 16.5. The summed E-state index contributed by atoms with van der Waals surface area (Å²) >= 11 is 0. The van der Waals surface area contributed by atoms with Crippen LogP contribution in [-0.4, -0.2) is 25.8 Å². The van der Waals surface area contributed by atoms with E-state index in [1.807, 2.05) is 54.6 Å². The second-order valence-electron chi connectivity index (χ2n) is 6.87. The SMILES string of the molecule is COc1cc2ccccc2cc1C(=O)N/N=C\c1ccc(OCC(C)C)cc1. The Bertz CT molecular complexity index is 979. The molecule has 3 aromatic rings. The average Bonchev–Trinajstić information content (AvgIpc) is 2.72. The van der Waals surface area contributed by atoms with Crippen molar-refractivity contribution in [3.05, 3.63) is 71.8 Å². The quantitative estimate of drug-likeness (QED) is 0.482. The molecule has 0 aliphatic rings. The van der Waals surface area contributed by atoms with Crippen LogP contribution in [0.25, 0.3) is 10.8 Å². The maximum Gasteiger partial charge on any atom is 0.275 e. The van der Waals surface area contributed by atoms with E-state index < -0.39 is 0 Å². The lowest BCUT2D eigenvalue weighted by atomic mass is 10.1. The lowest BCUT2D eigenvalue weighted by Crippen LogP contribution is -2.18. The number of methoxy groups -OCH3 is 1. The van der Waals surface area contributed by atoms with Gasteiger partial charge in [-0.15, -0.1) is 0 Å². The highest BCUT2D eigenvalue weighted by Crippen LogP contribution is 2.25. The first-order valence-corrected chi connectivity index (χ1v) is 9.20. The maximum absolute atomic E-state index is 12.5. The fraction of sp³-hybridized carbons (Fsp3) is 0.217. The highest BCUT2D eigenvalue weighted by Gasteiger charge is 2.13. The molecule has 0 saturated heterocycles. The molecule has 0 bridgehead atoms. The standard InChI is InChI=1S/C23H24N2O3/c1-16(2)15-28-20-10-8-17(9-11-20)14-24-25-23(26)21-12-18-6-4-5-7-19(18)13-22(21)27-3/h4-14,16H,15H2,1-3H3,(H,25,26)/b24-14-. The number of hydrazone groups is 1. The normalized spacial score (nSPS) is 11.1. The Hall–Kier alpha value is -3.34. The summed E-state index contributed by atoms with van der Waals surface area (Å²) in [5.74, 6) is 1.48. The highest BCUT2D eigenvalue weighted by molar-refractivity contribution is 6.01. The van der Waals surface area contributed by atoms with Crippen LogP contribution in [0.5, 0.6) is 11.5 Å². The first-order valence-electron chi connectivity index (χ1n) is 9.20. The van der Waals surface area contributed by atoms with Crippen molar-refractivity contribution in [2.24, 2.45) is 11.0 Å². The molecule has 0 unspecified atom stereocenters. The third-order valence-corrected chi connectivity index (χ3v) is 4.16. The van der Waals surface area contributed by atoms with Crippen LogP contribution in [0.3, 0.4) is 0 Å². The second-order valence-corrected chi connectivity index (χ2v) is 6.87. The zero-order chi connectivity index (χ0) is 19.9. The Kier molecular flexibility index (Phi) is 6.27. The number of ether oxygens (including phenoxy) is 2. The van der Waals surface area contributed by atoms with Crippen LogP contribution < -0.4 is 14.9 Å². The van der Waals surface area contributed by atoms with Gasteiger partial charge >= 0.3 is 0 Å². The number of rotatable bonds is 7. The molecule has 0 aliphatic heterocycles. The summed E-state index contributed by atoms with van der Waals surface area (Å²) in [5, 5.41) is 6.04. The summed E-state index contributed by atoms with van der Waals surface area (Å²) in [6.45, 7) is 4.89. The van der Waals surface area contributed by atoms with Crippen LogP contribution >= 0.6 is 0 Å². The summed E-state index contributed by atoms with van der Waals surface area (Å²) in [6, 6.07) is 19.0. The fourth-order valence-corrected chi connectivity index (χ4v) is 2.70. The molecule has 5 nitrogen and oxygen atoms in total. The molecular weight excluding hydrogens is 352 g/mol. The number of nitrogens with one attached hydrogen (secondary N) is 1. The van der Waals surface area contributed by atoms with E-state index in [0.29, 0.717) is 23.8 Å². The van der Waals surface area contributed by atoms with Crippen LogP contribution in [0.15, 0.2) is 65.8 Å². The summed E-state index contributed by atoms with van der Waals surface area (Å²) in [5.41, 5.74) is 3.86. The lowest BCUT2D eigenvalue weighted by Gasteiger charge is -2.09. The van der Waals surface area contributed by atoms with Crippen molar-refractivity contribution in [3.63, 3.8) is 0 Å². The minimum Gasteiger partial charge on any atom is -0.496 e. The zero-order valence-corrected chi connectivity index (χ0v) is 16.3. The van der Waals surface area contributed by atoms with Gasteiger partial charge in [-0.1, -0.05) is 38.1 Å². The molecule has 0 heterocycles. The van der Waals surface area contributed by atoms with Crippen LogP contribution in [0.4, 0.5) is 0 Å². The number of carbonyl (C=O) groups is 1. The van der Waals surface area contributed by atoms with Gasteiger partial charge < -0.3 is 9.47 Å². The Morgan fingerprint density at radius 2 is 1.75 bits per heavy atom. The zero-order valence-electron chi connectivity index (χ0n) is 16.3. The van der Waals surface area contributed by atoms with E-state index in [4.69, 9.17) is 9.47 Å². The molecule has 0 radical (unpaired) electrons. The molecule has 0 saturated carbocycles. The van der Waals surface area contributed by atoms with E-state index >= 15 is 0 Å². The van der Waals surface area contributed by atoms with Crippen molar-refractivity contribution in [1.29, 1.82) is 0 Å². The molecule has 5 heteroatoms. The van der Waals surface area contributed by atoms with Crippen molar-refractivity contribution in [3.8, 4) is 11.5 Å². The fourth-order valence-electron chi connectivity index (χ4n) is 2.70. The van der Waals surface area contributed by atoms with Gasteiger partial charge in [-0.05, 0) is 58.7 Å². The second kappa shape index (κ2) is 9.04. The van der Waals surface area contributed by atoms with E-state index in [0.717, 1.165) is 22.1 Å². The molecule has 0 aromatic heterocycles. The van der Waals surface area contributed by atoms with Crippen LogP contribution in [-0.2, 0) is 0 Å². The van der Waals surface area contributed by atoms with Gasteiger partial charge in [-0.3, -0.25) is 4.79 Å². The van der Waals surface area contributed by atoms with E-state index in [2.05, 4.69) is 24.4 Å². The minimum absolute atomic E-state index is 0.323. The predicted octanol–water partition coefficient (Wildman–Crippen LogP) is 4.65. The summed E-state index contributed by atoms with van der Waals surface area (Å²) in [4.78, 5) is 12.5. The largest absolute Gasteiger partial charge is 0.496 e. The van der Waals surface area contributed by atoms with E-state index in [1.165, 1.54) is 0 Å². The number of amides is 1. The van der Waals surface area contributed by atoms with Gasteiger partial charge in [0, 0.05) is 0 Å². The molecule has 1 amide bonds. The molecule has 0 fully saturated rings. The molecule has 1 N–H and O–H groups in total. The Balaban J connectivity index is 1.67. The van der Waals surface area contributed by atoms with Gasteiger partial charge in [0.25, 0.3) is 5.91 Å². The van der Waals surface area contributed by atoms with Gasteiger partial charge in [0.2, 0.25) is 0 Å². The first-order chi connectivity index (χ1) is 13.6. The molecule has 3 aromatic carbocycles. The summed E-state index contributed by atoms with van der Waals surface area (Å²) in [7, 11) is 1.55. The first kappa shape index (κ1) is 19.4. The number of nitrogens with zero attached hydrogens (tertiary/aromatic N) is 1. The third-order valence-electron chi connectivity index (χ3n) is 4.16. The molecule has 28 heavy (non-hydrogen) atoms. The van der Waals surface area contributed by atoms with Gasteiger partial charge in [0.1, 0.15) is 11.5 Å². The van der Waals surface area contributed by atoms with Gasteiger partial charge in [-0.25, -0.2) is 5.43 Å². The Morgan fingerprint density at radius 3 is 2.39 bits per heavy atom. The average molecular weight is 376 g/mol. The Morgan fingerprint density at radius 1 is 1.07 bits per heavy atom. The number of fused-ring (bicyclic) bond motifs is 1. The van der Waals surface area contributed by atoms with Gasteiger partial charge in [-0.2, -0.15) is 5.10 Å². The molecule has 0 atom stereocenters. The number of hydrogen-bond donors (Lipinski definition) is 1. The molecular formula is C23H24N2O3. The Labute approximate surface area is 165 Å². The third kappa shape index (κ3) is 4.88. The van der Waals surface area contributed by atoms with Crippen molar-refractivity contribution in [1.82, 2.24) is 5.43 Å². The smallest absolute Gasteiger partial charge is 0.275 e. The minimum atomic E-state index is -0.323. The van der Waals surface area contributed by atoms with Crippen LogP contribution in [0.1, 0.15) is 29.8 Å². The molecule has 3 rings (SSSR count). The molecule has 0 aliphatic carbocycles. The number of carbonyl (C=O) groups excluding carboxylic acids is 1. The van der Waals surface area contributed by atoms with E-state index in [-0.39, 0.29) is 5.91 Å². The van der Waals surface area contributed by atoms with Gasteiger partial charge in [0.05, 0.1) is 25.5 Å². The van der Waals surface area contributed by atoms with Crippen molar-refractivity contribution < 1.29 is 14.3 Å². The maximum atomic E-state index is 12.5. The van der Waals surface area contributed by atoms with E-state index in [9.17, 15) is 4.79 Å². The lowest BCUT2D eigenvalue weighted by molar-refractivity contribution is 0.0952. The topological polar surface area (TPSA) is 59.9 Å². The monoisotopic (exact) mass is 376 g/mol. The summed E-state index contributed by atoms with van der Waals surface area (Å²) in [6.07, 6.45) is 1.59. The molecule has 144 valence electrons. The van der Waals surface area contributed by atoms with Crippen LogP contribution in [0, 0.1) is 5.92 Å². The van der Waals surface area contributed by atoms with E-state index in [1.54, 1.807) is 19.4 Å². The number of benzene rings is 3. The van der Waals surface area contributed by atoms with Crippen LogP contribution in [0.2, 0.25) is 0 Å². The molecule has 0 spiro atoms. The van der Waals surface area contributed by atoms with Crippen molar-refractivity contribution >= 4 is 22.9 Å². The van der Waals surface area contributed by atoms with Crippen molar-refractivity contribution in [2.75, 3.05) is 13.7 Å². The predicted molar refractivity (Wildman–Crippen MR) is 112 cm³/mol. The van der Waals surface area contributed by atoms with Gasteiger partial charge in [0.15, 0.2) is 0 Å². The summed E-state index contributed by atoms with van der Waals surface area (Å²) < 4.78 is 11.0.